The van der Waals surface area contributed by atoms with E-state index in [0.717, 1.165) is 43.5 Å². The third-order valence-electron chi connectivity index (χ3n) is 3.44. The Morgan fingerprint density at radius 2 is 1.85 bits per heavy atom. The van der Waals surface area contributed by atoms with Gasteiger partial charge in [-0.25, -0.2) is 9.55 Å². The Kier molecular flexibility index (Phi) is 3.52. The van der Waals surface area contributed by atoms with Crippen LogP contribution in [-0.2, 0) is 0 Å². The van der Waals surface area contributed by atoms with Crippen molar-refractivity contribution in [1.29, 1.82) is 0 Å². The first-order chi connectivity index (χ1) is 9.75. The first-order valence-electron chi connectivity index (χ1n) is 6.87. The van der Waals surface area contributed by atoms with E-state index in [1.54, 1.807) is 10.6 Å². The lowest BCUT2D eigenvalue weighted by Gasteiger charge is -2.30. The molecule has 104 valence electrons. The molecule has 0 aliphatic carbocycles. The average Bonchev–Trinajstić information content (AvgIpc) is 2.48. The number of hydrogen-bond acceptors (Lipinski definition) is 4. The van der Waals surface area contributed by atoms with Gasteiger partial charge in [0.1, 0.15) is 0 Å². The summed E-state index contributed by atoms with van der Waals surface area (Å²) in [4.78, 5) is 19.1. The molecule has 0 unspecified atom stereocenters. The Morgan fingerprint density at radius 1 is 1.15 bits per heavy atom. The Hall–Kier alpha value is -2.14. The van der Waals surface area contributed by atoms with Crippen LogP contribution in [0.5, 0.6) is 0 Å². The molecule has 0 saturated carbocycles. The van der Waals surface area contributed by atoms with Gasteiger partial charge in [-0.15, -0.1) is 0 Å². The number of piperazine rings is 1. The fraction of sp³-hybridized carbons (Fsp3) is 0.333. The predicted molar refractivity (Wildman–Crippen MR) is 79.7 cm³/mol. The van der Waals surface area contributed by atoms with Crippen molar-refractivity contribution in [2.24, 2.45) is 0 Å². The predicted octanol–water partition coefficient (Wildman–Crippen LogP) is 0.951. The zero-order chi connectivity index (χ0) is 13.9. The van der Waals surface area contributed by atoms with Crippen LogP contribution >= 0.6 is 0 Å². The molecule has 1 aromatic carbocycles. The molecule has 1 fully saturated rings. The molecule has 2 aromatic rings. The fourth-order valence-corrected chi connectivity index (χ4v) is 2.48. The molecule has 1 aliphatic heterocycles. The largest absolute Gasteiger partial charge is 0.339 e. The smallest absolute Gasteiger partial charge is 0.259 e. The zero-order valence-corrected chi connectivity index (χ0v) is 11.5. The summed E-state index contributed by atoms with van der Waals surface area (Å²) >= 11 is 0. The van der Waals surface area contributed by atoms with Crippen molar-refractivity contribution in [3.63, 3.8) is 0 Å². The minimum atomic E-state index is -0.0303. The van der Waals surface area contributed by atoms with Crippen molar-refractivity contribution in [3.05, 3.63) is 52.4 Å². The minimum absolute atomic E-state index is 0.0303. The van der Waals surface area contributed by atoms with Crippen LogP contribution in [0.3, 0.4) is 0 Å². The average molecular weight is 270 g/mol. The first-order valence-corrected chi connectivity index (χ1v) is 6.87. The quantitative estimate of drug-likeness (QED) is 0.883. The fourth-order valence-electron chi connectivity index (χ4n) is 2.48. The molecule has 0 spiro atoms. The number of hydrogen-bond donors (Lipinski definition) is 1. The van der Waals surface area contributed by atoms with Gasteiger partial charge in [-0.1, -0.05) is 18.2 Å². The van der Waals surface area contributed by atoms with E-state index < -0.39 is 0 Å². The van der Waals surface area contributed by atoms with Crippen LogP contribution in [0.15, 0.2) is 41.2 Å². The van der Waals surface area contributed by atoms with Gasteiger partial charge >= 0.3 is 0 Å². The van der Waals surface area contributed by atoms with Gasteiger partial charge in [0.25, 0.3) is 5.56 Å². The number of anilines is 1. The number of aryl methyl sites for hydroxylation is 1. The molecule has 0 bridgehead atoms. The van der Waals surface area contributed by atoms with Gasteiger partial charge in [-0.2, -0.15) is 0 Å². The summed E-state index contributed by atoms with van der Waals surface area (Å²) in [6.07, 6.45) is 0. The first kappa shape index (κ1) is 12.9. The molecule has 1 saturated heterocycles. The van der Waals surface area contributed by atoms with Gasteiger partial charge in [0.05, 0.1) is 5.69 Å². The monoisotopic (exact) mass is 270 g/mol. The van der Waals surface area contributed by atoms with Crippen LogP contribution in [0.4, 0.5) is 5.95 Å². The molecule has 1 aliphatic rings. The lowest BCUT2D eigenvalue weighted by atomic mass is 10.3. The van der Waals surface area contributed by atoms with E-state index in [4.69, 9.17) is 0 Å². The van der Waals surface area contributed by atoms with E-state index in [1.165, 1.54) is 0 Å². The molecule has 3 rings (SSSR count). The summed E-state index contributed by atoms with van der Waals surface area (Å²) in [5.41, 5.74) is 1.59. The van der Waals surface area contributed by atoms with E-state index in [0.29, 0.717) is 0 Å². The minimum Gasteiger partial charge on any atom is -0.339 e. The van der Waals surface area contributed by atoms with Crippen LogP contribution < -0.4 is 15.8 Å². The molecule has 2 heterocycles. The van der Waals surface area contributed by atoms with Crippen molar-refractivity contribution in [2.45, 2.75) is 6.92 Å². The number of benzene rings is 1. The maximum absolute atomic E-state index is 12.4. The van der Waals surface area contributed by atoms with Crippen LogP contribution in [0.2, 0.25) is 0 Å². The van der Waals surface area contributed by atoms with Gasteiger partial charge in [-0.3, -0.25) is 4.79 Å². The van der Waals surface area contributed by atoms with Gasteiger partial charge in [0.2, 0.25) is 5.95 Å². The SMILES string of the molecule is Cc1cc(=O)n(-c2ccccc2)c(N2CCNCC2)n1. The van der Waals surface area contributed by atoms with E-state index in [-0.39, 0.29) is 5.56 Å². The standard InChI is InChI=1S/C15H18N4O/c1-12-11-14(20)19(13-5-3-2-4-6-13)15(17-12)18-9-7-16-8-10-18/h2-6,11,16H,7-10H2,1H3. The van der Waals surface area contributed by atoms with Gasteiger partial charge in [0.15, 0.2) is 0 Å². The molecule has 0 atom stereocenters. The van der Waals surface area contributed by atoms with E-state index in [9.17, 15) is 4.79 Å². The number of aromatic nitrogens is 2. The summed E-state index contributed by atoms with van der Waals surface area (Å²) in [5.74, 6) is 0.739. The van der Waals surface area contributed by atoms with Crippen molar-refractivity contribution in [2.75, 3.05) is 31.1 Å². The Labute approximate surface area is 117 Å². The Balaban J connectivity index is 2.14. The Bertz CT molecular complexity index is 645. The summed E-state index contributed by atoms with van der Waals surface area (Å²) in [6.45, 7) is 5.42. The summed E-state index contributed by atoms with van der Waals surface area (Å²) < 4.78 is 1.69. The summed E-state index contributed by atoms with van der Waals surface area (Å²) in [6, 6.07) is 11.3. The van der Waals surface area contributed by atoms with Crippen molar-refractivity contribution >= 4 is 5.95 Å². The number of nitrogens with one attached hydrogen (secondary N) is 1. The second-order valence-electron chi connectivity index (χ2n) is 4.94. The van der Waals surface area contributed by atoms with Crippen LogP contribution in [0.25, 0.3) is 5.69 Å². The zero-order valence-electron chi connectivity index (χ0n) is 11.5. The molecule has 5 nitrogen and oxygen atoms in total. The highest BCUT2D eigenvalue weighted by Gasteiger charge is 2.17. The van der Waals surface area contributed by atoms with E-state index in [2.05, 4.69) is 15.2 Å². The highest BCUT2D eigenvalue weighted by molar-refractivity contribution is 5.44. The second-order valence-corrected chi connectivity index (χ2v) is 4.94. The maximum atomic E-state index is 12.4. The Morgan fingerprint density at radius 3 is 2.55 bits per heavy atom. The molecule has 1 aromatic heterocycles. The highest BCUT2D eigenvalue weighted by Crippen LogP contribution is 2.16. The lowest BCUT2D eigenvalue weighted by molar-refractivity contribution is 0.573. The topological polar surface area (TPSA) is 50.2 Å². The number of nitrogens with zero attached hydrogens (tertiary/aromatic N) is 3. The maximum Gasteiger partial charge on any atom is 0.259 e. The molecule has 0 radical (unpaired) electrons. The molecule has 1 N–H and O–H groups in total. The molecule has 0 amide bonds. The second kappa shape index (κ2) is 5.46. The van der Waals surface area contributed by atoms with Crippen LogP contribution in [0, 0.1) is 6.92 Å². The number of para-hydroxylation sites is 1. The third kappa shape index (κ3) is 2.44. The molecular formula is C15H18N4O. The van der Waals surface area contributed by atoms with E-state index >= 15 is 0 Å². The molecular weight excluding hydrogens is 252 g/mol. The van der Waals surface area contributed by atoms with Gasteiger partial charge in [-0.05, 0) is 19.1 Å². The van der Waals surface area contributed by atoms with Gasteiger partial charge < -0.3 is 10.2 Å². The third-order valence-corrected chi connectivity index (χ3v) is 3.44. The van der Waals surface area contributed by atoms with E-state index in [1.807, 2.05) is 37.3 Å². The van der Waals surface area contributed by atoms with Crippen molar-refractivity contribution in [1.82, 2.24) is 14.9 Å². The lowest BCUT2D eigenvalue weighted by Crippen LogP contribution is -2.46. The molecule has 20 heavy (non-hydrogen) atoms. The van der Waals surface area contributed by atoms with Crippen LogP contribution in [-0.4, -0.2) is 35.7 Å². The summed E-state index contributed by atoms with van der Waals surface area (Å²) in [7, 11) is 0. The molecule has 5 heteroatoms. The number of rotatable bonds is 2. The normalized spacial score (nSPS) is 15.3. The van der Waals surface area contributed by atoms with Crippen molar-refractivity contribution in [3.8, 4) is 5.69 Å². The van der Waals surface area contributed by atoms with Crippen LogP contribution in [0.1, 0.15) is 5.69 Å². The summed E-state index contributed by atoms with van der Waals surface area (Å²) in [5, 5.41) is 3.32. The highest BCUT2D eigenvalue weighted by atomic mass is 16.1. The van der Waals surface area contributed by atoms with Gasteiger partial charge in [0, 0.05) is 37.9 Å². The van der Waals surface area contributed by atoms with Crippen molar-refractivity contribution < 1.29 is 0 Å².